The maximum Gasteiger partial charge on any atom is 0.416 e. The SMILES string of the molecule is CC1(c2ccccc2)OCc2ccc([Si](C)(C)C)c(C(F)(F)F)c21. The van der Waals surface area contributed by atoms with Gasteiger partial charge in [0.15, 0.2) is 0 Å². The van der Waals surface area contributed by atoms with Crippen molar-refractivity contribution in [3.05, 3.63) is 64.7 Å². The van der Waals surface area contributed by atoms with Crippen LogP contribution in [0, 0.1) is 0 Å². The molecule has 1 nitrogen and oxygen atoms in total. The van der Waals surface area contributed by atoms with Crippen molar-refractivity contribution in [1.29, 1.82) is 0 Å². The van der Waals surface area contributed by atoms with Gasteiger partial charge in [-0.1, -0.05) is 62.1 Å². The predicted molar refractivity (Wildman–Crippen MR) is 92.1 cm³/mol. The summed E-state index contributed by atoms with van der Waals surface area (Å²) in [6, 6.07) is 12.6. The first-order valence-corrected chi connectivity index (χ1v) is 11.5. The van der Waals surface area contributed by atoms with E-state index < -0.39 is 25.4 Å². The van der Waals surface area contributed by atoms with Gasteiger partial charge in [0.05, 0.1) is 20.2 Å². The fraction of sp³-hybridized carbons (Fsp3) is 0.368. The predicted octanol–water partition coefficient (Wildman–Crippen LogP) is 5.04. The molecule has 3 rings (SSSR count). The summed E-state index contributed by atoms with van der Waals surface area (Å²) in [5, 5.41) is 0.446. The number of fused-ring (bicyclic) bond motifs is 1. The summed E-state index contributed by atoms with van der Waals surface area (Å²) in [4.78, 5) is 0. The second-order valence-electron chi connectivity index (χ2n) is 7.46. The Labute approximate surface area is 141 Å². The van der Waals surface area contributed by atoms with Crippen molar-refractivity contribution in [2.24, 2.45) is 0 Å². The molecule has 128 valence electrons. The molecule has 0 fully saturated rings. The molecule has 0 N–H and O–H groups in total. The molecule has 5 heteroatoms. The van der Waals surface area contributed by atoms with Gasteiger partial charge in [-0.3, -0.25) is 0 Å². The van der Waals surface area contributed by atoms with Crippen LogP contribution in [-0.2, 0) is 23.1 Å². The zero-order valence-electron chi connectivity index (χ0n) is 14.3. The molecule has 0 amide bonds. The Hall–Kier alpha value is -1.59. The van der Waals surface area contributed by atoms with Crippen LogP contribution in [0.25, 0.3) is 0 Å². The first-order valence-electron chi connectivity index (χ1n) is 7.98. The van der Waals surface area contributed by atoms with Crippen molar-refractivity contribution in [3.63, 3.8) is 0 Å². The largest absolute Gasteiger partial charge is 0.416 e. The van der Waals surface area contributed by atoms with E-state index in [9.17, 15) is 13.2 Å². The van der Waals surface area contributed by atoms with Gasteiger partial charge >= 0.3 is 6.18 Å². The highest BCUT2D eigenvalue weighted by Gasteiger charge is 2.48. The molecule has 0 aliphatic carbocycles. The molecule has 2 aromatic rings. The third kappa shape index (κ3) is 2.69. The third-order valence-electron chi connectivity index (χ3n) is 4.70. The minimum atomic E-state index is -4.40. The van der Waals surface area contributed by atoms with Crippen LogP contribution in [0.15, 0.2) is 42.5 Å². The minimum Gasteiger partial charge on any atom is -0.361 e. The van der Waals surface area contributed by atoms with E-state index in [0.717, 1.165) is 5.56 Å². The van der Waals surface area contributed by atoms with E-state index in [-0.39, 0.29) is 6.61 Å². The van der Waals surface area contributed by atoms with Crippen LogP contribution in [0.4, 0.5) is 13.2 Å². The third-order valence-corrected chi connectivity index (χ3v) is 6.73. The fourth-order valence-electron chi connectivity index (χ4n) is 3.51. The van der Waals surface area contributed by atoms with Gasteiger partial charge in [-0.15, -0.1) is 0 Å². The zero-order valence-corrected chi connectivity index (χ0v) is 15.3. The van der Waals surface area contributed by atoms with Crippen LogP contribution in [0.2, 0.25) is 19.6 Å². The van der Waals surface area contributed by atoms with E-state index in [4.69, 9.17) is 4.74 Å². The van der Waals surface area contributed by atoms with Gasteiger partial charge in [-0.05, 0) is 23.2 Å². The van der Waals surface area contributed by atoms with Crippen LogP contribution in [0.1, 0.15) is 29.2 Å². The average molecular weight is 350 g/mol. The molecule has 1 heterocycles. The monoisotopic (exact) mass is 350 g/mol. The summed E-state index contributed by atoms with van der Waals surface area (Å²) < 4.78 is 48.1. The standard InChI is InChI=1S/C19H21F3OSi/c1-18(14-8-6-5-7-9-14)16-13(12-23-18)10-11-15(24(2,3)4)17(16)19(20,21)22/h5-11H,12H2,1-4H3. The molecule has 0 saturated carbocycles. The van der Waals surface area contributed by atoms with Crippen LogP contribution in [0.5, 0.6) is 0 Å². The molecule has 1 aliphatic rings. The maximum atomic E-state index is 14.1. The van der Waals surface area contributed by atoms with Crippen molar-refractivity contribution in [1.82, 2.24) is 0 Å². The number of halogens is 3. The number of ether oxygens (including phenoxy) is 1. The Morgan fingerprint density at radius 2 is 1.62 bits per heavy atom. The number of benzene rings is 2. The summed E-state index contributed by atoms with van der Waals surface area (Å²) in [6.07, 6.45) is -4.40. The minimum absolute atomic E-state index is 0.204. The highest BCUT2D eigenvalue weighted by Crippen LogP contribution is 2.47. The number of alkyl halides is 3. The summed E-state index contributed by atoms with van der Waals surface area (Å²) in [5.74, 6) is 0. The van der Waals surface area contributed by atoms with Crippen LogP contribution in [0.3, 0.4) is 0 Å². The summed E-state index contributed by atoms with van der Waals surface area (Å²) >= 11 is 0. The molecule has 1 aliphatic heterocycles. The smallest absolute Gasteiger partial charge is 0.361 e. The highest BCUT2D eigenvalue weighted by molar-refractivity contribution is 6.89. The van der Waals surface area contributed by atoms with Gasteiger partial charge in [0.1, 0.15) is 5.60 Å². The average Bonchev–Trinajstić information content (AvgIpc) is 2.84. The lowest BCUT2D eigenvalue weighted by Gasteiger charge is -2.31. The Kier molecular flexibility index (Phi) is 3.92. The summed E-state index contributed by atoms with van der Waals surface area (Å²) in [6.45, 7) is 7.78. The molecule has 1 atom stereocenters. The van der Waals surface area contributed by atoms with Crippen LogP contribution < -0.4 is 5.19 Å². The first kappa shape index (κ1) is 17.2. The second-order valence-corrected chi connectivity index (χ2v) is 12.5. The van der Waals surface area contributed by atoms with Gasteiger partial charge in [-0.25, -0.2) is 0 Å². The Bertz CT molecular complexity index is 763. The first-order chi connectivity index (χ1) is 11.0. The molecular weight excluding hydrogens is 329 g/mol. The quantitative estimate of drug-likeness (QED) is 0.689. The lowest BCUT2D eigenvalue weighted by atomic mass is 9.84. The van der Waals surface area contributed by atoms with Crippen molar-refractivity contribution >= 4 is 13.3 Å². The normalized spacial score (nSPS) is 21.0. The van der Waals surface area contributed by atoms with E-state index in [1.54, 1.807) is 13.0 Å². The number of hydrogen-bond acceptors (Lipinski definition) is 1. The molecule has 2 aromatic carbocycles. The van der Waals surface area contributed by atoms with Gasteiger partial charge in [0, 0.05) is 5.56 Å². The summed E-state index contributed by atoms with van der Waals surface area (Å²) in [5.41, 5.74) is 0.124. The van der Waals surface area contributed by atoms with E-state index in [2.05, 4.69) is 0 Å². The van der Waals surface area contributed by atoms with Crippen molar-refractivity contribution in [2.45, 2.75) is 44.9 Å². The van der Waals surface area contributed by atoms with E-state index in [1.165, 1.54) is 0 Å². The number of hydrogen-bond donors (Lipinski definition) is 0. The molecule has 24 heavy (non-hydrogen) atoms. The fourth-order valence-corrected chi connectivity index (χ4v) is 5.11. The van der Waals surface area contributed by atoms with Crippen molar-refractivity contribution in [3.8, 4) is 0 Å². The van der Waals surface area contributed by atoms with Crippen LogP contribution >= 0.6 is 0 Å². The van der Waals surface area contributed by atoms with Gasteiger partial charge in [-0.2, -0.15) is 13.2 Å². The van der Waals surface area contributed by atoms with E-state index in [1.807, 2.05) is 56.0 Å². The Morgan fingerprint density at radius 1 is 1.00 bits per heavy atom. The van der Waals surface area contributed by atoms with Crippen molar-refractivity contribution in [2.75, 3.05) is 0 Å². The molecule has 0 bridgehead atoms. The van der Waals surface area contributed by atoms with Gasteiger partial charge in [0.2, 0.25) is 0 Å². The number of rotatable bonds is 2. The van der Waals surface area contributed by atoms with Gasteiger partial charge in [0.25, 0.3) is 0 Å². The van der Waals surface area contributed by atoms with Crippen molar-refractivity contribution < 1.29 is 17.9 Å². The molecular formula is C19H21F3OSi. The highest BCUT2D eigenvalue weighted by atomic mass is 28.3. The Morgan fingerprint density at radius 3 is 2.17 bits per heavy atom. The topological polar surface area (TPSA) is 9.23 Å². The lowest BCUT2D eigenvalue weighted by molar-refractivity contribution is -0.139. The molecule has 0 spiro atoms. The maximum absolute atomic E-state index is 14.1. The summed E-state index contributed by atoms with van der Waals surface area (Å²) in [7, 11) is -2.17. The zero-order chi connectivity index (χ0) is 17.8. The molecule has 0 saturated heterocycles. The molecule has 0 aromatic heterocycles. The van der Waals surface area contributed by atoms with E-state index in [0.29, 0.717) is 16.3 Å². The van der Waals surface area contributed by atoms with E-state index >= 15 is 0 Å². The lowest BCUT2D eigenvalue weighted by Crippen LogP contribution is -2.44. The van der Waals surface area contributed by atoms with Crippen LogP contribution in [-0.4, -0.2) is 8.07 Å². The van der Waals surface area contributed by atoms with Gasteiger partial charge < -0.3 is 4.74 Å². The molecule has 0 radical (unpaired) electrons. The second kappa shape index (κ2) is 5.46. The Balaban J connectivity index is 2.35. The molecule has 1 unspecified atom stereocenters.